The lowest BCUT2D eigenvalue weighted by Crippen LogP contribution is -2.50. The average molecular weight is 625 g/mol. The van der Waals surface area contributed by atoms with Gasteiger partial charge >= 0.3 is 12.1 Å². The van der Waals surface area contributed by atoms with Crippen LogP contribution in [0.3, 0.4) is 0 Å². The number of hydrogen-bond acceptors (Lipinski definition) is 8. The molecule has 0 bridgehead atoms. The van der Waals surface area contributed by atoms with Crippen LogP contribution in [0, 0.1) is 5.41 Å². The van der Waals surface area contributed by atoms with Gasteiger partial charge in [0.2, 0.25) is 5.89 Å². The lowest BCUT2D eigenvalue weighted by molar-refractivity contribution is -0.165. The summed E-state index contributed by atoms with van der Waals surface area (Å²) in [5, 5.41) is 4.47. The lowest BCUT2D eigenvalue weighted by atomic mass is 9.68. The zero-order chi connectivity index (χ0) is 31.6. The summed E-state index contributed by atoms with van der Waals surface area (Å²) in [5.74, 6) is 1.83. The van der Waals surface area contributed by atoms with Crippen LogP contribution in [-0.4, -0.2) is 70.8 Å². The van der Waals surface area contributed by atoms with E-state index in [0.717, 1.165) is 76.6 Å². The molecule has 0 unspecified atom stereocenters. The molecule has 3 aliphatic carbocycles. The van der Waals surface area contributed by atoms with Crippen molar-refractivity contribution in [1.82, 2.24) is 19.9 Å². The number of benzene rings is 2. The Kier molecular flexibility index (Phi) is 8.68. The summed E-state index contributed by atoms with van der Waals surface area (Å²) >= 11 is 0. The normalized spacial score (nSPS) is 23.1. The molecule has 7 rings (SSSR count). The van der Waals surface area contributed by atoms with Gasteiger partial charge in [0.05, 0.1) is 10.8 Å². The molecule has 46 heavy (non-hydrogen) atoms. The van der Waals surface area contributed by atoms with Gasteiger partial charge in [-0.2, -0.15) is 4.98 Å². The highest BCUT2D eigenvalue weighted by atomic mass is 16.6. The molecule has 9 heteroatoms. The molecular formula is C37H44N4O5. The maximum Gasteiger partial charge on any atom is 0.410 e. The van der Waals surface area contributed by atoms with Crippen molar-refractivity contribution >= 4 is 12.1 Å². The smallest absolute Gasteiger partial charge is 0.410 e. The van der Waals surface area contributed by atoms with Crippen LogP contribution >= 0.6 is 0 Å². The topological polar surface area (TPSA) is 98.0 Å². The number of amides is 1. The molecule has 9 nitrogen and oxygen atoms in total. The third-order valence-corrected chi connectivity index (χ3v) is 10.6. The van der Waals surface area contributed by atoms with Gasteiger partial charge in [0, 0.05) is 31.0 Å². The number of carbonyl (C=O) groups is 2. The summed E-state index contributed by atoms with van der Waals surface area (Å²) < 4.78 is 17.2. The van der Waals surface area contributed by atoms with Crippen LogP contribution in [0.5, 0.6) is 0 Å². The fraction of sp³-hybridized carbons (Fsp3) is 0.514. The fourth-order valence-electron chi connectivity index (χ4n) is 7.33. The molecule has 2 atom stereocenters. The number of piperidine rings is 1. The van der Waals surface area contributed by atoms with Gasteiger partial charge in [-0.15, -0.1) is 0 Å². The molecule has 0 spiro atoms. The molecule has 0 N–H and O–H groups in total. The van der Waals surface area contributed by atoms with Gasteiger partial charge in [-0.05, 0) is 69.2 Å². The summed E-state index contributed by atoms with van der Waals surface area (Å²) in [6, 6.07) is 20.3. The van der Waals surface area contributed by atoms with E-state index in [-0.39, 0.29) is 36.0 Å². The summed E-state index contributed by atoms with van der Waals surface area (Å²) in [7, 11) is 0. The van der Waals surface area contributed by atoms with Gasteiger partial charge in [-0.25, -0.2) is 4.79 Å². The number of ether oxygens (including phenoxy) is 2. The number of hydrogen-bond donors (Lipinski definition) is 0. The SMILES string of the molecule is C=CCOC(=O)N(CC1(c2noc(C3CCN(CC4(C(=O)OCc5ccccc5)CCC4)CC3)n2)CC1)[C@@H]1C[C@H]1c1ccccc1. The van der Waals surface area contributed by atoms with E-state index in [9.17, 15) is 9.59 Å². The average Bonchev–Trinajstić information content (AvgIpc) is 4.00. The Hall–Kier alpha value is -3.98. The van der Waals surface area contributed by atoms with Crippen molar-refractivity contribution in [2.45, 2.75) is 81.3 Å². The zero-order valence-electron chi connectivity index (χ0n) is 26.5. The number of nitrogens with zero attached hydrogens (tertiary/aromatic N) is 4. The van der Waals surface area contributed by atoms with Crippen LogP contribution in [0.2, 0.25) is 0 Å². The molecule has 3 saturated carbocycles. The Bertz CT molecular complexity index is 1510. The van der Waals surface area contributed by atoms with Crippen LogP contribution in [0.15, 0.2) is 77.8 Å². The number of likely N-dealkylation sites (tertiary alicyclic amines) is 1. The molecule has 1 saturated heterocycles. The van der Waals surface area contributed by atoms with Gasteiger partial charge in [-0.3, -0.25) is 4.79 Å². The van der Waals surface area contributed by atoms with Crippen LogP contribution < -0.4 is 0 Å². The van der Waals surface area contributed by atoms with Crippen LogP contribution in [0.25, 0.3) is 0 Å². The van der Waals surface area contributed by atoms with E-state index in [1.165, 1.54) is 5.56 Å². The zero-order valence-corrected chi connectivity index (χ0v) is 26.5. The summed E-state index contributed by atoms with van der Waals surface area (Å²) in [5.41, 5.74) is 1.58. The lowest BCUT2D eigenvalue weighted by Gasteiger charge is -2.44. The fourth-order valence-corrected chi connectivity index (χ4v) is 7.33. The first-order chi connectivity index (χ1) is 22.5. The minimum atomic E-state index is -0.391. The predicted octanol–water partition coefficient (Wildman–Crippen LogP) is 6.38. The molecule has 242 valence electrons. The first-order valence-electron chi connectivity index (χ1n) is 16.9. The van der Waals surface area contributed by atoms with Gasteiger partial charge in [0.15, 0.2) is 5.82 Å². The highest BCUT2D eigenvalue weighted by Gasteiger charge is 2.55. The third-order valence-electron chi connectivity index (χ3n) is 10.6. The molecule has 2 aromatic carbocycles. The quantitative estimate of drug-likeness (QED) is 0.160. The molecule has 4 aliphatic rings. The molecule has 0 radical (unpaired) electrons. The molecule has 2 heterocycles. The van der Waals surface area contributed by atoms with Gasteiger partial charge in [0.1, 0.15) is 13.2 Å². The van der Waals surface area contributed by atoms with Crippen molar-refractivity contribution in [1.29, 1.82) is 0 Å². The van der Waals surface area contributed by atoms with Gasteiger partial charge in [-0.1, -0.05) is 84.9 Å². The maximum atomic E-state index is 13.2. The van der Waals surface area contributed by atoms with E-state index in [1.807, 2.05) is 53.4 Å². The van der Waals surface area contributed by atoms with Crippen molar-refractivity contribution in [3.63, 3.8) is 0 Å². The number of aromatic nitrogens is 2. The van der Waals surface area contributed by atoms with Crippen molar-refractivity contribution in [3.05, 3.63) is 96.2 Å². The Morgan fingerprint density at radius 1 is 1.00 bits per heavy atom. The van der Waals surface area contributed by atoms with E-state index < -0.39 is 5.41 Å². The number of esters is 1. The summed E-state index contributed by atoms with van der Waals surface area (Å²) in [4.78, 5) is 35.6. The predicted molar refractivity (Wildman–Crippen MR) is 172 cm³/mol. The van der Waals surface area contributed by atoms with Crippen LogP contribution in [0.1, 0.15) is 86.0 Å². The molecule has 1 aliphatic heterocycles. The highest BCUT2D eigenvalue weighted by molar-refractivity contribution is 5.78. The molecule has 1 aromatic heterocycles. The third kappa shape index (κ3) is 6.47. The minimum absolute atomic E-state index is 0.0651. The molecule has 3 aromatic rings. The van der Waals surface area contributed by atoms with E-state index in [1.54, 1.807) is 6.08 Å². The van der Waals surface area contributed by atoms with E-state index in [0.29, 0.717) is 30.8 Å². The van der Waals surface area contributed by atoms with E-state index in [4.69, 9.17) is 19.0 Å². The maximum absolute atomic E-state index is 13.2. The van der Waals surface area contributed by atoms with Gasteiger partial charge in [0.25, 0.3) is 0 Å². The first-order valence-corrected chi connectivity index (χ1v) is 16.9. The number of rotatable bonds is 13. The Morgan fingerprint density at radius 3 is 2.37 bits per heavy atom. The standard InChI is InChI=1S/C37H44N4O5/c1-2-22-44-35(43)41(31-23-30(31)28-12-7-4-8-13-28)26-36(18-19-36)33-38-32(46-39-33)29-14-20-40(21-15-29)25-37(16-9-17-37)34(42)45-24-27-10-5-3-6-11-27/h2-8,10-13,29-31H,1,9,14-26H2/t30-,31+/m0/s1. The highest BCUT2D eigenvalue weighted by Crippen LogP contribution is 2.52. The Labute approximate surface area is 270 Å². The Morgan fingerprint density at radius 2 is 1.72 bits per heavy atom. The van der Waals surface area contributed by atoms with E-state index >= 15 is 0 Å². The molecule has 1 amide bonds. The molecule has 4 fully saturated rings. The minimum Gasteiger partial charge on any atom is -0.460 e. The van der Waals surface area contributed by atoms with Crippen molar-refractivity contribution in [2.24, 2.45) is 5.41 Å². The van der Waals surface area contributed by atoms with Crippen LogP contribution in [0.4, 0.5) is 4.79 Å². The van der Waals surface area contributed by atoms with Crippen LogP contribution in [-0.2, 0) is 26.3 Å². The number of carbonyl (C=O) groups excluding carboxylic acids is 2. The largest absolute Gasteiger partial charge is 0.460 e. The van der Waals surface area contributed by atoms with Crippen molar-refractivity contribution < 1.29 is 23.6 Å². The second-order valence-corrected chi connectivity index (χ2v) is 13.8. The van der Waals surface area contributed by atoms with Crippen molar-refractivity contribution in [3.8, 4) is 0 Å². The first kappa shape index (κ1) is 30.7. The second-order valence-electron chi connectivity index (χ2n) is 13.8. The van der Waals surface area contributed by atoms with E-state index in [2.05, 4.69) is 28.8 Å². The Balaban J connectivity index is 0.948. The summed E-state index contributed by atoms with van der Waals surface area (Å²) in [6.07, 6.45) is 8.72. The monoisotopic (exact) mass is 624 g/mol. The van der Waals surface area contributed by atoms with Crippen molar-refractivity contribution in [2.75, 3.05) is 32.8 Å². The molecular weight excluding hydrogens is 580 g/mol. The second kappa shape index (κ2) is 13.0. The van der Waals surface area contributed by atoms with Gasteiger partial charge < -0.3 is 23.8 Å². The summed E-state index contributed by atoms with van der Waals surface area (Å²) in [6.45, 7) is 7.24.